The molecule has 2 aromatic carbocycles. The highest BCUT2D eigenvalue weighted by molar-refractivity contribution is 14.1. The highest BCUT2D eigenvalue weighted by atomic mass is 127. The molecule has 0 saturated heterocycles. The number of nitrogens with one attached hydrogen (secondary N) is 3. The molecular weight excluding hydrogens is 635 g/mol. The minimum Gasteiger partial charge on any atom is -0.496 e. The molecule has 200 valence electrons. The number of hydrogen-bond acceptors (Lipinski definition) is 10. The molecule has 5 aromatic rings. The number of aromatic nitrogens is 4. The number of ether oxygens (including phenoxy) is 3. The Morgan fingerprint density at radius 2 is 1.92 bits per heavy atom. The normalized spacial score (nSPS) is 11.0. The monoisotopic (exact) mass is 658 g/mol. The van der Waals surface area contributed by atoms with E-state index in [0.29, 0.717) is 49.7 Å². The number of halogens is 1. The van der Waals surface area contributed by atoms with Gasteiger partial charge in [0.1, 0.15) is 17.8 Å². The van der Waals surface area contributed by atoms with Gasteiger partial charge in [0.25, 0.3) is 5.91 Å². The molecule has 0 aliphatic heterocycles. The quantitative estimate of drug-likeness (QED) is 0.142. The van der Waals surface area contributed by atoms with E-state index in [-0.39, 0.29) is 18.2 Å². The fourth-order valence-corrected chi connectivity index (χ4v) is 5.94. The molecule has 0 bridgehead atoms. The summed E-state index contributed by atoms with van der Waals surface area (Å²) in [6.07, 6.45) is 1.41. The molecule has 0 unspecified atom stereocenters. The topological polar surface area (TPSA) is 140 Å². The number of aromatic amines is 1. The summed E-state index contributed by atoms with van der Waals surface area (Å²) in [6, 6.07) is 7.21. The average molecular weight is 658 g/mol. The number of hydrogen-bond donors (Lipinski definition) is 3. The summed E-state index contributed by atoms with van der Waals surface area (Å²) in [5.74, 6) is 0.953. The second kappa shape index (κ2) is 11.0. The number of H-pyrrole nitrogens is 1. The fraction of sp³-hybridized carbons (Fsp3) is 0.192. The third-order valence-electron chi connectivity index (χ3n) is 6.01. The third-order valence-corrected chi connectivity index (χ3v) is 8.06. The smallest absolute Gasteiger partial charge is 0.359 e. The first-order valence-corrected chi connectivity index (χ1v) is 13.7. The van der Waals surface area contributed by atoms with Crippen molar-refractivity contribution in [2.75, 3.05) is 31.5 Å². The lowest BCUT2D eigenvalue weighted by molar-refractivity contribution is 0.0521. The van der Waals surface area contributed by atoms with Crippen molar-refractivity contribution in [3.05, 3.63) is 56.4 Å². The molecular formula is C26H23IN6O5S. The maximum Gasteiger partial charge on any atom is 0.359 e. The molecule has 11 nitrogen and oxygen atoms in total. The SMILES string of the molecule is CCOC(=O)c1n[nH]c2cc(Nc3ncnc4c(C(=O)Nc5c(C)c(OC)cc(OC)c5I)csc34)ccc12. The lowest BCUT2D eigenvalue weighted by Gasteiger charge is -2.16. The van der Waals surface area contributed by atoms with Crippen LogP contribution in [0.1, 0.15) is 33.3 Å². The van der Waals surface area contributed by atoms with Crippen molar-refractivity contribution in [1.29, 1.82) is 0 Å². The highest BCUT2D eigenvalue weighted by Gasteiger charge is 2.22. The van der Waals surface area contributed by atoms with E-state index in [1.807, 2.05) is 19.1 Å². The average Bonchev–Trinajstić information content (AvgIpc) is 3.56. The first-order chi connectivity index (χ1) is 18.9. The summed E-state index contributed by atoms with van der Waals surface area (Å²) < 4.78 is 17.5. The molecule has 0 radical (unpaired) electrons. The number of carbonyl (C=O) groups is 2. The van der Waals surface area contributed by atoms with Gasteiger partial charge in [0.2, 0.25) is 0 Å². The van der Waals surface area contributed by atoms with Crippen molar-refractivity contribution < 1.29 is 23.8 Å². The van der Waals surface area contributed by atoms with E-state index in [1.165, 1.54) is 17.7 Å². The molecule has 3 N–H and O–H groups in total. The van der Waals surface area contributed by atoms with Gasteiger partial charge in [-0.05, 0) is 54.6 Å². The number of carbonyl (C=O) groups excluding carboxylic acids is 2. The van der Waals surface area contributed by atoms with Gasteiger partial charge in [0.15, 0.2) is 11.5 Å². The van der Waals surface area contributed by atoms with Crippen molar-refractivity contribution in [2.45, 2.75) is 13.8 Å². The summed E-state index contributed by atoms with van der Waals surface area (Å²) in [5, 5.41) is 15.6. The van der Waals surface area contributed by atoms with E-state index >= 15 is 0 Å². The number of rotatable bonds is 8. The van der Waals surface area contributed by atoms with E-state index < -0.39 is 5.97 Å². The minimum absolute atomic E-state index is 0.232. The molecule has 0 aliphatic carbocycles. The number of nitrogens with zero attached hydrogens (tertiary/aromatic N) is 3. The first kappa shape index (κ1) is 26.6. The van der Waals surface area contributed by atoms with E-state index in [9.17, 15) is 9.59 Å². The van der Waals surface area contributed by atoms with E-state index in [0.717, 1.165) is 14.8 Å². The van der Waals surface area contributed by atoms with Gasteiger partial charge in [0, 0.05) is 28.1 Å². The van der Waals surface area contributed by atoms with Gasteiger partial charge in [-0.2, -0.15) is 5.10 Å². The van der Waals surface area contributed by atoms with Crippen LogP contribution >= 0.6 is 33.9 Å². The zero-order chi connectivity index (χ0) is 27.7. The second-order valence-corrected chi connectivity index (χ2v) is 10.2. The van der Waals surface area contributed by atoms with Crippen molar-refractivity contribution in [2.24, 2.45) is 0 Å². The summed E-state index contributed by atoms with van der Waals surface area (Å²) in [4.78, 5) is 34.3. The van der Waals surface area contributed by atoms with Crippen LogP contribution in [0.3, 0.4) is 0 Å². The number of methoxy groups -OCH3 is 2. The Hall–Kier alpha value is -3.98. The Kier molecular flexibility index (Phi) is 7.52. The molecule has 3 aromatic heterocycles. The number of benzene rings is 2. The molecule has 3 heterocycles. The van der Waals surface area contributed by atoms with E-state index in [2.05, 4.69) is 53.4 Å². The Labute approximate surface area is 240 Å². The Bertz CT molecular complexity index is 1710. The summed E-state index contributed by atoms with van der Waals surface area (Å²) in [6.45, 7) is 3.89. The molecule has 0 spiro atoms. The van der Waals surface area contributed by atoms with Crippen LogP contribution in [0, 0.1) is 10.5 Å². The summed E-state index contributed by atoms with van der Waals surface area (Å²) >= 11 is 3.50. The third kappa shape index (κ3) is 4.94. The maximum atomic E-state index is 13.4. The number of amides is 1. The number of fused-ring (bicyclic) bond motifs is 2. The molecule has 0 saturated carbocycles. The van der Waals surface area contributed by atoms with Gasteiger partial charge in [0.05, 0.1) is 51.4 Å². The molecule has 5 rings (SSSR count). The Morgan fingerprint density at radius 1 is 1.13 bits per heavy atom. The van der Waals surface area contributed by atoms with Gasteiger partial charge in [-0.3, -0.25) is 9.89 Å². The molecule has 13 heteroatoms. The summed E-state index contributed by atoms with van der Waals surface area (Å²) in [5.41, 5.74) is 3.94. The predicted molar refractivity (Wildman–Crippen MR) is 158 cm³/mol. The minimum atomic E-state index is -0.483. The maximum absolute atomic E-state index is 13.4. The number of anilines is 3. The van der Waals surface area contributed by atoms with Crippen LogP contribution in [0.15, 0.2) is 36.0 Å². The van der Waals surface area contributed by atoms with E-state index in [4.69, 9.17) is 14.2 Å². The lowest BCUT2D eigenvalue weighted by atomic mass is 10.1. The molecule has 39 heavy (non-hydrogen) atoms. The number of thiophene rings is 1. The van der Waals surface area contributed by atoms with Gasteiger partial charge in [-0.25, -0.2) is 14.8 Å². The van der Waals surface area contributed by atoms with Gasteiger partial charge in [-0.15, -0.1) is 11.3 Å². The van der Waals surface area contributed by atoms with Crippen LogP contribution in [0.2, 0.25) is 0 Å². The lowest BCUT2D eigenvalue weighted by Crippen LogP contribution is -2.14. The second-order valence-electron chi connectivity index (χ2n) is 8.28. The Morgan fingerprint density at radius 3 is 2.67 bits per heavy atom. The number of esters is 1. The fourth-order valence-electron chi connectivity index (χ4n) is 4.08. The molecule has 0 fully saturated rings. The van der Waals surface area contributed by atoms with Crippen LogP contribution in [0.5, 0.6) is 11.5 Å². The van der Waals surface area contributed by atoms with Gasteiger partial charge in [-0.1, -0.05) is 0 Å². The van der Waals surface area contributed by atoms with Gasteiger partial charge < -0.3 is 24.8 Å². The Balaban J connectivity index is 1.44. The standard InChI is InChI=1S/C26H23IN6O5S/c1-5-38-26(35)22-14-7-6-13(8-16(14)32-33-22)30-24-23-21(28-11-29-24)15(10-39-23)25(34)31-20-12(2)17(36-3)9-18(37-4)19(20)27/h6-11H,5H2,1-4H3,(H,31,34)(H,32,33)(H,28,29,30). The molecule has 0 aliphatic rings. The first-order valence-electron chi connectivity index (χ1n) is 11.7. The van der Waals surface area contributed by atoms with Crippen LogP contribution in [-0.2, 0) is 4.74 Å². The zero-order valence-electron chi connectivity index (χ0n) is 21.3. The van der Waals surface area contributed by atoms with Gasteiger partial charge >= 0.3 is 5.97 Å². The van der Waals surface area contributed by atoms with Crippen molar-refractivity contribution in [3.63, 3.8) is 0 Å². The van der Waals surface area contributed by atoms with E-state index in [1.54, 1.807) is 38.7 Å². The molecule has 0 atom stereocenters. The predicted octanol–water partition coefficient (Wildman–Crippen LogP) is 5.67. The van der Waals surface area contributed by atoms with Crippen LogP contribution in [-0.4, -0.2) is 52.9 Å². The largest absolute Gasteiger partial charge is 0.496 e. The van der Waals surface area contributed by atoms with Crippen LogP contribution < -0.4 is 20.1 Å². The van der Waals surface area contributed by atoms with Crippen molar-refractivity contribution in [1.82, 2.24) is 20.2 Å². The van der Waals surface area contributed by atoms with Crippen molar-refractivity contribution >= 4 is 84.1 Å². The van der Waals surface area contributed by atoms with Crippen molar-refractivity contribution in [3.8, 4) is 11.5 Å². The summed E-state index contributed by atoms with van der Waals surface area (Å²) in [7, 11) is 3.14. The highest BCUT2D eigenvalue weighted by Crippen LogP contribution is 2.39. The van der Waals surface area contributed by atoms with Crippen LogP contribution in [0.25, 0.3) is 21.1 Å². The molecule has 1 amide bonds. The van der Waals surface area contributed by atoms with Crippen LogP contribution in [0.4, 0.5) is 17.2 Å². The zero-order valence-corrected chi connectivity index (χ0v) is 24.3.